The summed E-state index contributed by atoms with van der Waals surface area (Å²) in [5.74, 6) is 4.12. The molecule has 2 atom stereocenters. The van der Waals surface area contributed by atoms with Gasteiger partial charge in [0, 0.05) is 12.2 Å². The smallest absolute Gasteiger partial charge is 0.138 e. The van der Waals surface area contributed by atoms with E-state index in [-0.39, 0.29) is 6.10 Å². The Balaban J connectivity index is 2.14. The van der Waals surface area contributed by atoms with Gasteiger partial charge in [-0.05, 0) is 62.3 Å². The van der Waals surface area contributed by atoms with Crippen LogP contribution in [0.1, 0.15) is 45.2 Å². The van der Waals surface area contributed by atoms with Gasteiger partial charge in [-0.25, -0.2) is 0 Å². The minimum Gasteiger partial charge on any atom is -0.489 e. The molecular weight excluding hydrogens is 268 g/mol. The van der Waals surface area contributed by atoms with Crippen LogP contribution in [0.15, 0.2) is 18.5 Å². The van der Waals surface area contributed by atoms with Crippen molar-refractivity contribution in [2.24, 2.45) is 5.92 Å². The molecule has 1 aliphatic rings. The molecule has 0 spiro atoms. The number of ether oxygens (including phenoxy) is 1. The van der Waals surface area contributed by atoms with Gasteiger partial charge in [-0.3, -0.25) is 4.98 Å². The molecule has 3 nitrogen and oxygen atoms in total. The van der Waals surface area contributed by atoms with Gasteiger partial charge in [0.2, 0.25) is 0 Å². The number of thioether (sulfide) groups is 1. The van der Waals surface area contributed by atoms with Gasteiger partial charge < -0.3 is 10.1 Å². The molecule has 0 amide bonds. The summed E-state index contributed by atoms with van der Waals surface area (Å²) in [5, 5.41) is 3.70. The van der Waals surface area contributed by atoms with E-state index >= 15 is 0 Å². The molecule has 0 bridgehead atoms. The van der Waals surface area contributed by atoms with Gasteiger partial charge in [0.05, 0.1) is 12.3 Å². The summed E-state index contributed by atoms with van der Waals surface area (Å²) in [5.41, 5.74) is 1.27. The van der Waals surface area contributed by atoms with Crippen molar-refractivity contribution < 1.29 is 4.74 Å². The van der Waals surface area contributed by atoms with Crippen LogP contribution < -0.4 is 10.1 Å². The van der Waals surface area contributed by atoms with E-state index in [9.17, 15) is 0 Å². The third-order valence-corrected chi connectivity index (χ3v) is 4.70. The Labute approximate surface area is 126 Å². The van der Waals surface area contributed by atoms with Gasteiger partial charge in [-0.2, -0.15) is 11.8 Å². The summed E-state index contributed by atoms with van der Waals surface area (Å²) in [6.45, 7) is 7.37. The third-order valence-electron chi connectivity index (χ3n) is 3.52. The van der Waals surface area contributed by atoms with Crippen LogP contribution in [0.4, 0.5) is 0 Å². The molecular formula is C16H26N2OS. The summed E-state index contributed by atoms with van der Waals surface area (Å²) in [7, 11) is 0. The van der Waals surface area contributed by atoms with Crippen molar-refractivity contribution in [3.05, 3.63) is 24.0 Å². The topological polar surface area (TPSA) is 34.2 Å². The largest absolute Gasteiger partial charge is 0.489 e. The fourth-order valence-electron chi connectivity index (χ4n) is 2.61. The van der Waals surface area contributed by atoms with Crippen LogP contribution in [0.2, 0.25) is 0 Å². The van der Waals surface area contributed by atoms with E-state index in [1.165, 1.54) is 23.5 Å². The maximum atomic E-state index is 5.78. The molecule has 1 fully saturated rings. The van der Waals surface area contributed by atoms with E-state index in [2.05, 4.69) is 35.1 Å². The minimum atomic E-state index is 0.191. The molecule has 0 aromatic carbocycles. The standard InChI is InChI=1S/C16H26N2OS/c1-4-6-18-16(13-5-7-20-11-13)14-8-15(10-17-9-14)19-12(2)3/h8-10,12-13,16,18H,4-7,11H2,1-3H3. The molecule has 2 unspecified atom stereocenters. The average molecular weight is 294 g/mol. The van der Waals surface area contributed by atoms with Gasteiger partial charge in [0.1, 0.15) is 5.75 Å². The molecule has 2 heterocycles. The zero-order chi connectivity index (χ0) is 14.4. The monoisotopic (exact) mass is 294 g/mol. The lowest BCUT2D eigenvalue weighted by molar-refractivity contribution is 0.240. The van der Waals surface area contributed by atoms with Gasteiger partial charge >= 0.3 is 0 Å². The van der Waals surface area contributed by atoms with Crippen molar-refractivity contribution >= 4 is 11.8 Å². The summed E-state index contributed by atoms with van der Waals surface area (Å²) in [6.07, 6.45) is 6.44. The van der Waals surface area contributed by atoms with Crippen LogP contribution >= 0.6 is 11.8 Å². The number of nitrogens with zero attached hydrogens (tertiary/aromatic N) is 1. The van der Waals surface area contributed by atoms with Crippen molar-refractivity contribution in [3.8, 4) is 5.75 Å². The number of rotatable bonds is 7. The van der Waals surface area contributed by atoms with E-state index in [0.29, 0.717) is 12.0 Å². The Kier molecular flexibility index (Phi) is 6.17. The number of hydrogen-bond acceptors (Lipinski definition) is 4. The van der Waals surface area contributed by atoms with E-state index in [0.717, 1.165) is 18.7 Å². The van der Waals surface area contributed by atoms with Crippen LogP contribution in [0, 0.1) is 5.92 Å². The lowest BCUT2D eigenvalue weighted by atomic mass is 9.93. The molecule has 1 saturated heterocycles. The van der Waals surface area contributed by atoms with Crippen LogP contribution in [-0.4, -0.2) is 29.1 Å². The predicted octanol–water partition coefficient (Wildman–Crippen LogP) is 3.66. The summed E-state index contributed by atoms with van der Waals surface area (Å²) in [6, 6.07) is 2.57. The van der Waals surface area contributed by atoms with Crippen molar-refractivity contribution in [1.82, 2.24) is 10.3 Å². The molecule has 2 rings (SSSR count). The van der Waals surface area contributed by atoms with Gasteiger partial charge in [0.25, 0.3) is 0 Å². The quantitative estimate of drug-likeness (QED) is 0.832. The third kappa shape index (κ3) is 4.38. The van der Waals surface area contributed by atoms with Crippen molar-refractivity contribution in [2.75, 3.05) is 18.1 Å². The molecule has 1 aliphatic heterocycles. The summed E-state index contributed by atoms with van der Waals surface area (Å²) >= 11 is 2.06. The number of pyridine rings is 1. The molecule has 1 aromatic rings. The van der Waals surface area contributed by atoms with Gasteiger partial charge in [0.15, 0.2) is 0 Å². The fraction of sp³-hybridized carbons (Fsp3) is 0.688. The van der Waals surface area contributed by atoms with Crippen molar-refractivity contribution in [3.63, 3.8) is 0 Å². The van der Waals surface area contributed by atoms with Crippen LogP contribution in [0.5, 0.6) is 5.75 Å². The maximum absolute atomic E-state index is 5.78. The molecule has 0 aliphatic carbocycles. The Morgan fingerprint density at radius 2 is 2.30 bits per heavy atom. The van der Waals surface area contributed by atoms with E-state index in [1.54, 1.807) is 0 Å². The van der Waals surface area contributed by atoms with Crippen molar-refractivity contribution in [1.29, 1.82) is 0 Å². The summed E-state index contributed by atoms with van der Waals surface area (Å²) < 4.78 is 5.78. The highest BCUT2D eigenvalue weighted by Crippen LogP contribution is 2.34. The van der Waals surface area contributed by atoms with E-state index in [4.69, 9.17) is 4.74 Å². The number of nitrogens with one attached hydrogen (secondary N) is 1. The second-order valence-electron chi connectivity index (χ2n) is 5.68. The maximum Gasteiger partial charge on any atom is 0.138 e. The first-order valence-electron chi connectivity index (χ1n) is 7.63. The highest BCUT2D eigenvalue weighted by Gasteiger charge is 2.26. The molecule has 0 saturated carbocycles. The Hall–Kier alpha value is -0.740. The second kappa shape index (κ2) is 7.89. The normalized spacial score (nSPS) is 20.3. The van der Waals surface area contributed by atoms with Gasteiger partial charge in [-0.1, -0.05) is 6.92 Å². The molecule has 0 radical (unpaired) electrons. The molecule has 4 heteroatoms. The zero-order valence-electron chi connectivity index (χ0n) is 12.8. The molecule has 112 valence electrons. The minimum absolute atomic E-state index is 0.191. The van der Waals surface area contributed by atoms with Crippen molar-refractivity contribution in [2.45, 2.75) is 45.8 Å². The SMILES string of the molecule is CCCNC(c1cncc(OC(C)C)c1)C1CCSC1. The Morgan fingerprint density at radius 3 is 2.95 bits per heavy atom. The highest BCUT2D eigenvalue weighted by molar-refractivity contribution is 7.99. The van der Waals surface area contributed by atoms with Gasteiger partial charge in [-0.15, -0.1) is 0 Å². The van der Waals surface area contributed by atoms with Crippen LogP contribution in [0.25, 0.3) is 0 Å². The number of hydrogen-bond donors (Lipinski definition) is 1. The van der Waals surface area contributed by atoms with E-state index < -0.39 is 0 Å². The van der Waals surface area contributed by atoms with Crippen LogP contribution in [0.3, 0.4) is 0 Å². The van der Waals surface area contributed by atoms with Crippen LogP contribution in [-0.2, 0) is 0 Å². The number of aromatic nitrogens is 1. The lowest BCUT2D eigenvalue weighted by Gasteiger charge is -2.25. The highest BCUT2D eigenvalue weighted by atomic mass is 32.2. The Morgan fingerprint density at radius 1 is 1.45 bits per heavy atom. The average Bonchev–Trinajstić information content (AvgIpc) is 2.93. The predicted molar refractivity (Wildman–Crippen MR) is 86.5 cm³/mol. The lowest BCUT2D eigenvalue weighted by Crippen LogP contribution is -2.29. The fourth-order valence-corrected chi connectivity index (χ4v) is 3.91. The van der Waals surface area contributed by atoms with E-state index in [1.807, 2.05) is 26.2 Å². The first kappa shape index (κ1) is 15.6. The second-order valence-corrected chi connectivity index (χ2v) is 6.83. The zero-order valence-corrected chi connectivity index (χ0v) is 13.6. The molecule has 1 N–H and O–H groups in total. The first-order valence-corrected chi connectivity index (χ1v) is 8.79. The first-order chi connectivity index (χ1) is 9.70. The Bertz CT molecular complexity index is 405. The molecule has 20 heavy (non-hydrogen) atoms. The molecule has 1 aromatic heterocycles. The summed E-state index contributed by atoms with van der Waals surface area (Å²) in [4.78, 5) is 4.37.